The molecule has 126 valence electrons. The summed E-state index contributed by atoms with van der Waals surface area (Å²) in [5, 5.41) is 0. The predicted octanol–water partition coefficient (Wildman–Crippen LogP) is 5.64. The van der Waals surface area contributed by atoms with Gasteiger partial charge in [-0.25, -0.2) is 0 Å². The summed E-state index contributed by atoms with van der Waals surface area (Å²) in [5.74, 6) is 1.70. The minimum Gasteiger partial charge on any atom is -0.494 e. The topological polar surface area (TPSA) is 18.5 Å². The number of benzene rings is 1. The zero-order valence-corrected chi connectivity index (χ0v) is 15.2. The Morgan fingerprint density at radius 1 is 1.14 bits per heavy atom. The second kappa shape index (κ2) is 9.89. The van der Waals surface area contributed by atoms with E-state index in [1.807, 2.05) is 0 Å². The number of ether oxygens (including phenoxy) is 2. The van der Waals surface area contributed by atoms with Crippen LogP contribution in [-0.2, 0) is 11.2 Å². The molecule has 1 aromatic rings. The van der Waals surface area contributed by atoms with Crippen molar-refractivity contribution in [2.24, 2.45) is 5.92 Å². The van der Waals surface area contributed by atoms with Crippen LogP contribution in [-0.4, -0.2) is 18.8 Å². The van der Waals surface area contributed by atoms with Crippen LogP contribution in [0, 0.1) is 5.92 Å². The normalized spacial score (nSPS) is 13.1. The summed E-state index contributed by atoms with van der Waals surface area (Å²) in [6, 6.07) is 8.42. The third kappa shape index (κ3) is 7.84. The molecule has 0 saturated carbocycles. The van der Waals surface area contributed by atoms with Crippen molar-refractivity contribution in [2.45, 2.75) is 72.3 Å². The van der Waals surface area contributed by atoms with Crippen LogP contribution in [0.5, 0.6) is 5.75 Å². The fourth-order valence-electron chi connectivity index (χ4n) is 2.72. The van der Waals surface area contributed by atoms with Gasteiger partial charge in [-0.1, -0.05) is 38.8 Å². The maximum atomic E-state index is 5.88. The molecule has 0 aliphatic carbocycles. The summed E-state index contributed by atoms with van der Waals surface area (Å²) in [7, 11) is 0. The summed E-state index contributed by atoms with van der Waals surface area (Å²) >= 11 is 0. The van der Waals surface area contributed by atoms with Crippen LogP contribution in [0.15, 0.2) is 24.3 Å². The first kappa shape index (κ1) is 19.0. The fraction of sp³-hybridized carbons (Fsp3) is 0.700. The molecule has 1 unspecified atom stereocenters. The van der Waals surface area contributed by atoms with Crippen molar-refractivity contribution in [1.82, 2.24) is 0 Å². The van der Waals surface area contributed by atoms with Gasteiger partial charge in [0.2, 0.25) is 0 Å². The minimum atomic E-state index is 0.0194. The Morgan fingerprint density at radius 2 is 1.91 bits per heavy atom. The highest BCUT2D eigenvalue weighted by molar-refractivity contribution is 5.28. The van der Waals surface area contributed by atoms with Gasteiger partial charge in [-0.3, -0.25) is 0 Å². The highest BCUT2D eigenvalue weighted by atomic mass is 16.5. The van der Waals surface area contributed by atoms with E-state index in [0.29, 0.717) is 5.92 Å². The summed E-state index contributed by atoms with van der Waals surface area (Å²) in [5.41, 5.74) is 1.36. The molecular formula is C20H34O2. The number of rotatable bonds is 11. The fourth-order valence-corrected chi connectivity index (χ4v) is 2.72. The van der Waals surface area contributed by atoms with E-state index in [1.165, 1.54) is 18.4 Å². The lowest BCUT2D eigenvalue weighted by Crippen LogP contribution is -2.24. The predicted molar refractivity (Wildman–Crippen MR) is 94.7 cm³/mol. The highest BCUT2D eigenvalue weighted by Crippen LogP contribution is 2.21. The van der Waals surface area contributed by atoms with Crippen molar-refractivity contribution in [3.63, 3.8) is 0 Å². The molecule has 0 aliphatic heterocycles. The van der Waals surface area contributed by atoms with Gasteiger partial charge in [0.25, 0.3) is 0 Å². The summed E-state index contributed by atoms with van der Waals surface area (Å²) in [6.45, 7) is 12.5. The maximum absolute atomic E-state index is 5.88. The molecule has 0 aromatic heterocycles. The van der Waals surface area contributed by atoms with Crippen LogP contribution in [0.4, 0.5) is 0 Å². The van der Waals surface area contributed by atoms with E-state index < -0.39 is 0 Å². The van der Waals surface area contributed by atoms with Gasteiger partial charge in [0, 0.05) is 6.61 Å². The second-order valence-corrected chi connectivity index (χ2v) is 6.83. The van der Waals surface area contributed by atoms with Gasteiger partial charge in [-0.15, -0.1) is 0 Å². The second-order valence-electron chi connectivity index (χ2n) is 6.83. The molecule has 1 rings (SSSR count). The lowest BCUT2D eigenvalue weighted by atomic mass is 9.95. The first-order valence-electron chi connectivity index (χ1n) is 8.82. The Labute approximate surface area is 137 Å². The standard InChI is InChI=1S/C20H34O2/c1-6-18-11-8-12-19(16-18)21-15-13-17(3)10-9-14-20(4,5)22-7-2/h8,11-12,16-17H,6-7,9-10,13-15H2,1-5H3. The lowest BCUT2D eigenvalue weighted by molar-refractivity contribution is -0.0183. The molecule has 0 saturated heterocycles. The molecule has 0 aliphatic rings. The molecule has 0 fully saturated rings. The van der Waals surface area contributed by atoms with Gasteiger partial charge < -0.3 is 9.47 Å². The molecule has 0 amide bonds. The Morgan fingerprint density at radius 3 is 2.59 bits per heavy atom. The third-order valence-electron chi connectivity index (χ3n) is 4.20. The SMILES string of the molecule is CCOC(C)(C)CCCC(C)CCOc1cccc(CC)c1. The van der Waals surface area contributed by atoms with Gasteiger partial charge in [-0.05, 0) is 63.6 Å². The molecule has 0 N–H and O–H groups in total. The molecule has 1 atom stereocenters. The number of aryl methyl sites for hydroxylation is 1. The average molecular weight is 306 g/mol. The van der Waals surface area contributed by atoms with Crippen molar-refractivity contribution in [2.75, 3.05) is 13.2 Å². The first-order valence-corrected chi connectivity index (χ1v) is 8.82. The van der Waals surface area contributed by atoms with Gasteiger partial charge >= 0.3 is 0 Å². The van der Waals surface area contributed by atoms with Crippen LogP contribution in [0.25, 0.3) is 0 Å². The van der Waals surface area contributed by atoms with E-state index in [1.54, 1.807) is 0 Å². The Hall–Kier alpha value is -1.02. The Balaban J connectivity index is 2.19. The number of hydrogen-bond donors (Lipinski definition) is 0. The van der Waals surface area contributed by atoms with E-state index in [9.17, 15) is 0 Å². The third-order valence-corrected chi connectivity index (χ3v) is 4.20. The zero-order valence-electron chi connectivity index (χ0n) is 15.2. The van der Waals surface area contributed by atoms with Crippen molar-refractivity contribution in [1.29, 1.82) is 0 Å². The first-order chi connectivity index (χ1) is 10.5. The molecule has 0 bridgehead atoms. The molecule has 0 heterocycles. The van der Waals surface area contributed by atoms with Crippen LogP contribution < -0.4 is 4.74 Å². The summed E-state index contributed by atoms with van der Waals surface area (Å²) in [4.78, 5) is 0. The molecule has 2 nitrogen and oxygen atoms in total. The molecule has 0 radical (unpaired) electrons. The smallest absolute Gasteiger partial charge is 0.119 e. The van der Waals surface area contributed by atoms with Crippen LogP contribution in [0.3, 0.4) is 0 Å². The zero-order chi connectivity index (χ0) is 16.4. The van der Waals surface area contributed by atoms with Gasteiger partial charge in [-0.2, -0.15) is 0 Å². The highest BCUT2D eigenvalue weighted by Gasteiger charge is 2.17. The van der Waals surface area contributed by atoms with Gasteiger partial charge in [0.15, 0.2) is 0 Å². The quantitative estimate of drug-likeness (QED) is 0.527. The minimum absolute atomic E-state index is 0.0194. The van der Waals surface area contributed by atoms with E-state index in [0.717, 1.165) is 38.2 Å². The van der Waals surface area contributed by atoms with Crippen LogP contribution in [0.2, 0.25) is 0 Å². The average Bonchev–Trinajstić information content (AvgIpc) is 2.47. The van der Waals surface area contributed by atoms with Crippen LogP contribution in [0.1, 0.15) is 65.9 Å². The van der Waals surface area contributed by atoms with E-state index in [2.05, 4.69) is 58.9 Å². The molecule has 2 heteroatoms. The molecule has 22 heavy (non-hydrogen) atoms. The lowest BCUT2D eigenvalue weighted by Gasteiger charge is -2.25. The van der Waals surface area contributed by atoms with E-state index in [-0.39, 0.29) is 5.60 Å². The van der Waals surface area contributed by atoms with E-state index >= 15 is 0 Å². The van der Waals surface area contributed by atoms with Crippen LogP contribution >= 0.6 is 0 Å². The Kier molecular flexibility index (Phi) is 8.55. The molecule has 0 spiro atoms. The Bertz CT molecular complexity index is 412. The van der Waals surface area contributed by atoms with E-state index in [4.69, 9.17) is 9.47 Å². The van der Waals surface area contributed by atoms with Crippen molar-refractivity contribution < 1.29 is 9.47 Å². The van der Waals surface area contributed by atoms with Crippen molar-refractivity contribution in [3.05, 3.63) is 29.8 Å². The van der Waals surface area contributed by atoms with Crippen molar-refractivity contribution >= 4 is 0 Å². The van der Waals surface area contributed by atoms with Gasteiger partial charge in [0.1, 0.15) is 5.75 Å². The van der Waals surface area contributed by atoms with Crippen molar-refractivity contribution in [3.8, 4) is 5.75 Å². The molecule has 1 aromatic carbocycles. The molecular weight excluding hydrogens is 272 g/mol. The monoisotopic (exact) mass is 306 g/mol. The summed E-state index contributed by atoms with van der Waals surface area (Å²) in [6.07, 6.45) is 5.77. The summed E-state index contributed by atoms with van der Waals surface area (Å²) < 4.78 is 11.6. The maximum Gasteiger partial charge on any atom is 0.119 e. The number of hydrogen-bond acceptors (Lipinski definition) is 2. The van der Waals surface area contributed by atoms with Gasteiger partial charge in [0.05, 0.1) is 12.2 Å². The largest absolute Gasteiger partial charge is 0.494 e.